The van der Waals surface area contributed by atoms with Gasteiger partial charge in [0.05, 0.1) is 12.7 Å². The molecule has 7 heteroatoms. The Kier molecular flexibility index (Phi) is 4.68. The van der Waals surface area contributed by atoms with Gasteiger partial charge in [-0.05, 0) is 36.6 Å². The van der Waals surface area contributed by atoms with Gasteiger partial charge in [0.1, 0.15) is 6.10 Å². The summed E-state index contributed by atoms with van der Waals surface area (Å²) in [4.78, 5) is 22.4. The molecule has 0 aliphatic carbocycles. The predicted molar refractivity (Wildman–Crippen MR) is 93.9 cm³/mol. The largest absolute Gasteiger partial charge is 0.471 e. The summed E-state index contributed by atoms with van der Waals surface area (Å²) in [6, 6.07) is 5.61. The van der Waals surface area contributed by atoms with Crippen LogP contribution in [0, 0.1) is 0 Å². The summed E-state index contributed by atoms with van der Waals surface area (Å²) in [7, 11) is 0. The third-order valence-electron chi connectivity index (χ3n) is 4.33. The van der Waals surface area contributed by atoms with E-state index < -0.39 is 0 Å². The first-order chi connectivity index (χ1) is 12.8. The van der Waals surface area contributed by atoms with Crippen LogP contribution in [0.15, 0.2) is 42.9 Å². The van der Waals surface area contributed by atoms with E-state index in [1.165, 1.54) is 0 Å². The van der Waals surface area contributed by atoms with Gasteiger partial charge < -0.3 is 19.1 Å². The van der Waals surface area contributed by atoms with Gasteiger partial charge in [-0.3, -0.25) is 9.78 Å². The highest BCUT2D eigenvalue weighted by molar-refractivity contribution is 5.92. The van der Waals surface area contributed by atoms with Gasteiger partial charge in [-0.25, -0.2) is 4.98 Å². The maximum atomic E-state index is 12.5. The monoisotopic (exact) mass is 353 g/mol. The van der Waals surface area contributed by atoms with Crippen molar-refractivity contribution < 1.29 is 19.0 Å². The second-order valence-electron chi connectivity index (χ2n) is 6.16. The number of hydrogen-bond acceptors (Lipinski definition) is 6. The van der Waals surface area contributed by atoms with Gasteiger partial charge in [0, 0.05) is 25.0 Å². The van der Waals surface area contributed by atoms with Crippen molar-refractivity contribution >= 4 is 12.0 Å². The van der Waals surface area contributed by atoms with Crippen molar-refractivity contribution in [3.8, 4) is 17.4 Å². The summed E-state index contributed by atoms with van der Waals surface area (Å²) in [6.45, 7) is 1.51. The van der Waals surface area contributed by atoms with Crippen LogP contribution in [0.2, 0.25) is 0 Å². The van der Waals surface area contributed by atoms with Crippen molar-refractivity contribution in [2.24, 2.45) is 0 Å². The second-order valence-corrected chi connectivity index (χ2v) is 6.16. The molecule has 3 heterocycles. The molecule has 134 valence electrons. The van der Waals surface area contributed by atoms with Gasteiger partial charge in [0.15, 0.2) is 11.5 Å². The number of aromatic nitrogens is 2. The standard InChI is InChI=1S/C19H19N3O4/c23-19(6-4-14-3-5-16-17(10-14)25-13-24-16)22-9-1-2-15(12-22)26-18-11-20-7-8-21-18/h3-8,10-11,15H,1-2,9,12-13H2/b6-4+/t15-/m0/s1. The van der Waals surface area contributed by atoms with Crippen LogP contribution in [-0.2, 0) is 4.79 Å². The van der Waals surface area contributed by atoms with E-state index in [2.05, 4.69) is 9.97 Å². The Labute approximate surface area is 151 Å². The van der Waals surface area contributed by atoms with Crippen molar-refractivity contribution in [2.45, 2.75) is 18.9 Å². The van der Waals surface area contributed by atoms with Crippen LogP contribution >= 0.6 is 0 Å². The van der Waals surface area contributed by atoms with Crippen LogP contribution in [0.3, 0.4) is 0 Å². The van der Waals surface area contributed by atoms with E-state index in [-0.39, 0.29) is 18.8 Å². The minimum atomic E-state index is -0.0663. The van der Waals surface area contributed by atoms with E-state index in [0.717, 1.165) is 30.7 Å². The summed E-state index contributed by atoms with van der Waals surface area (Å²) in [5.41, 5.74) is 0.895. The molecule has 0 spiro atoms. The van der Waals surface area contributed by atoms with Crippen molar-refractivity contribution in [2.75, 3.05) is 19.9 Å². The zero-order valence-corrected chi connectivity index (χ0v) is 14.2. The molecular formula is C19H19N3O4. The maximum absolute atomic E-state index is 12.5. The smallest absolute Gasteiger partial charge is 0.246 e. The quantitative estimate of drug-likeness (QED) is 0.785. The summed E-state index contributed by atoms with van der Waals surface area (Å²) in [6.07, 6.45) is 9.88. The molecule has 1 atom stereocenters. The van der Waals surface area contributed by atoms with Gasteiger partial charge in [0.2, 0.25) is 18.6 Å². The Morgan fingerprint density at radius 2 is 2.19 bits per heavy atom. The normalized spacial score (nSPS) is 18.9. The highest BCUT2D eigenvalue weighted by Gasteiger charge is 2.24. The van der Waals surface area contributed by atoms with Crippen molar-refractivity contribution in [3.05, 3.63) is 48.4 Å². The molecule has 0 saturated carbocycles. The highest BCUT2D eigenvalue weighted by Crippen LogP contribution is 2.32. The molecule has 2 aromatic rings. The number of carbonyl (C=O) groups is 1. The molecule has 4 rings (SSSR count). The van der Waals surface area contributed by atoms with Crippen molar-refractivity contribution in [1.29, 1.82) is 0 Å². The Balaban J connectivity index is 1.36. The first-order valence-corrected chi connectivity index (χ1v) is 8.57. The summed E-state index contributed by atoms with van der Waals surface area (Å²) in [5.74, 6) is 1.89. The average molecular weight is 353 g/mol. The minimum Gasteiger partial charge on any atom is -0.471 e. The van der Waals surface area contributed by atoms with Gasteiger partial charge in [-0.2, -0.15) is 0 Å². The SMILES string of the molecule is O=C(/C=C/c1ccc2c(c1)OCO2)N1CCC[C@H](Oc2cnccn2)C1. The van der Waals surface area contributed by atoms with Crippen LogP contribution in [0.1, 0.15) is 18.4 Å². The first-order valence-electron chi connectivity index (χ1n) is 8.57. The highest BCUT2D eigenvalue weighted by atomic mass is 16.7. The number of amides is 1. The molecule has 1 aromatic carbocycles. The van der Waals surface area contributed by atoms with Crippen LogP contribution in [0.5, 0.6) is 17.4 Å². The fourth-order valence-corrected chi connectivity index (χ4v) is 3.04. The van der Waals surface area contributed by atoms with E-state index in [0.29, 0.717) is 18.2 Å². The molecule has 1 aromatic heterocycles. The topological polar surface area (TPSA) is 73.8 Å². The lowest BCUT2D eigenvalue weighted by Gasteiger charge is -2.31. The molecule has 7 nitrogen and oxygen atoms in total. The van der Waals surface area contributed by atoms with Gasteiger partial charge in [-0.15, -0.1) is 0 Å². The number of benzene rings is 1. The van der Waals surface area contributed by atoms with E-state index in [1.807, 2.05) is 18.2 Å². The Morgan fingerprint density at radius 3 is 3.08 bits per heavy atom. The molecule has 0 unspecified atom stereocenters. The van der Waals surface area contributed by atoms with Crippen LogP contribution in [0.25, 0.3) is 6.08 Å². The molecule has 1 saturated heterocycles. The van der Waals surface area contributed by atoms with Crippen molar-refractivity contribution in [3.63, 3.8) is 0 Å². The first kappa shape index (κ1) is 16.4. The van der Waals surface area contributed by atoms with E-state index in [4.69, 9.17) is 14.2 Å². The fraction of sp³-hybridized carbons (Fsp3) is 0.316. The summed E-state index contributed by atoms with van der Waals surface area (Å²) < 4.78 is 16.5. The Hall–Kier alpha value is -3.09. The lowest BCUT2D eigenvalue weighted by atomic mass is 10.1. The van der Waals surface area contributed by atoms with E-state index in [1.54, 1.807) is 35.6 Å². The van der Waals surface area contributed by atoms with Gasteiger partial charge >= 0.3 is 0 Å². The maximum Gasteiger partial charge on any atom is 0.246 e. The molecule has 1 fully saturated rings. The predicted octanol–water partition coefficient (Wildman–Crippen LogP) is 2.29. The molecule has 2 aliphatic heterocycles. The number of hydrogen-bond donors (Lipinski definition) is 0. The molecule has 1 amide bonds. The third kappa shape index (κ3) is 3.77. The van der Waals surface area contributed by atoms with E-state index in [9.17, 15) is 4.79 Å². The molecular weight excluding hydrogens is 334 g/mol. The third-order valence-corrected chi connectivity index (χ3v) is 4.33. The lowest BCUT2D eigenvalue weighted by Crippen LogP contribution is -2.43. The summed E-state index contributed by atoms with van der Waals surface area (Å²) >= 11 is 0. The minimum absolute atomic E-state index is 0.0323. The molecule has 0 bridgehead atoms. The zero-order valence-electron chi connectivity index (χ0n) is 14.2. The molecule has 2 aliphatic rings. The zero-order chi connectivity index (χ0) is 17.8. The molecule has 26 heavy (non-hydrogen) atoms. The lowest BCUT2D eigenvalue weighted by molar-refractivity contribution is -0.128. The molecule has 0 radical (unpaired) electrons. The number of ether oxygens (including phenoxy) is 3. The molecule has 0 N–H and O–H groups in total. The number of nitrogens with zero attached hydrogens (tertiary/aromatic N) is 3. The van der Waals surface area contributed by atoms with Crippen LogP contribution in [0.4, 0.5) is 0 Å². The summed E-state index contributed by atoms with van der Waals surface area (Å²) in [5, 5.41) is 0. The van der Waals surface area contributed by atoms with Gasteiger partial charge in [-0.1, -0.05) is 6.07 Å². The number of likely N-dealkylation sites (tertiary alicyclic amines) is 1. The van der Waals surface area contributed by atoms with Crippen molar-refractivity contribution in [1.82, 2.24) is 14.9 Å². The number of rotatable bonds is 4. The average Bonchev–Trinajstić information content (AvgIpc) is 3.15. The Morgan fingerprint density at radius 1 is 1.27 bits per heavy atom. The number of piperidine rings is 1. The van der Waals surface area contributed by atoms with Gasteiger partial charge in [0.25, 0.3) is 0 Å². The second kappa shape index (κ2) is 7.43. The van der Waals surface area contributed by atoms with E-state index >= 15 is 0 Å². The number of carbonyl (C=O) groups excluding carboxylic acids is 1. The van der Waals surface area contributed by atoms with Crippen LogP contribution < -0.4 is 14.2 Å². The Bertz CT molecular complexity index is 810. The number of fused-ring (bicyclic) bond motifs is 1. The van der Waals surface area contributed by atoms with Crippen LogP contribution in [-0.4, -0.2) is 46.8 Å². The fourth-order valence-electron chi connectivity index (χ4n) is 3.04.